The molecule has 0 saturated carbocycles. The van der Waals surface area contributed by atoms with Crippen LogP contribution in [0, 0.1) is 0 Å². The highest BCUT2D eigenvalue weighted by Gasteiger charge is 2.44. The molecule has 0 radical (unpaired) electrons. The lowest BCUT2D eigenvalue weighted by molar-refractivity contribution is -0.294. The summed E-state index contributed by atoms with van der Waals surface area (Å²) in [5.74, 6) is 0. The second-order valence-corrected chi connectivity index (χ2v) is 4.98. The van der Waals surface area contributed by atoms with Gasteiger partial charge in [0.15, 0.2) is 6.29 Å². The van der Waals surface area contributed by atoms with Gasteiger partial charge in [-0.25, -0.2) is 0 Å². The number of rotatable bonds is 8. The van der Waals surface area contributed by atoms with Crippen molar-refractivity contribution in [1.82, 2.24) is 0 Å². The Bertz CT molecular complexity index is 237. The summed E-state index contributed by atoms with van der Waals surface area (Å²) in [6.07, 6.45) is -0.350. The van der Waals surface area contributed by atoms with Crippen LogP contribution in [0.4, 0.5) is 0 Å². The summed E-state index contributed by atoms with van der Waals surface area (Å²) in [5.41, 5.74) is 0. The Kier molecular flexibility index (Phi) is 7.82. The van der Waals surface area contributed by atoms with Crippen LogP contribution in [0.1, 0.15) is 39.0 Å². The highest BCUT2D eigenvalue weighted by atomic mass is 16.6. The van der Waals surface area contributed by atoms with Crippen LogP contribution in [0.5, 0.6) is 0 Å². The molecule has 1 saturated heterocycles. The van der Waals surface area contributed by atoms with E-state index in [0.717, 1.165) is 19.3 Å². The third-order valence-corrected chi connectivity index (χ3v) is 3.40. The van der Waals surface area contributed by atoms with Crippen LogP contribution in [0.15, 0.2) is 0 Å². The molecule has 114 valence electrons. The summed E-state index contributed by atoms with van der Waals surface area (Å²) in [6.45, 7) is 2.12. The lowest BCUT2D eigenvalue weighted by Gasteiger charge is -2.39. The van der Waals surface area contributed by atoms with Crippen molar-refractivity contribution in [3.8, 4) is 0 Å². The lowest BCUT2D eigenvalue weighted by Crippen LogP contribution is -2.59. The van der Waals surface area contributed by atoms with Crippen molar-refractivity contribution >= 4 is 0 Å². The molecule has 0 amide bonds. The normalized spacial score (nSPS) is 35.5. The Hall–Kier alpha value is -0.240. The molecule has 0 aromatic heterocycles. The zero-order valence-corrected chi connectivity index (χ0v) is 11.4. The van der Waals surface area contributed by atoms with Crippen LogP contribution in [0.2, 0.25) is 0 Å². The standard InChI is InChI=1S/C13H26O6/c1-2-3-4-5-6-7-18-12-10(15)9(8-14)19-13(17)11(12)16/h9-17H,2-8H2,1H3/t9-,10-,11-,12+,13?/m1/s1. The topological polar surface area (TPSA) is 99.4 Å². The monoisotopic (exact) mass is 278 g/mol. The number of unbranched alkanes of at least 4 members (excludes halogenated alkanes) is 4. The van der Waals surface area contributed by atoms with E-state index in [1.54, 1.807) is 0 Å². The van der Waals surface area contributed by atoms with E-state index in [1.807, 2.05) is 0 Å². The van der Waals surface area contributed by atoms with E-state index in [2.05, 4.69) is 6.92 Å². The Morgan fingerprint density at radius 1 is 1.00 bits per heavy atom. The summed E-state index contributed by atoms with van der Waals surface area (Å²) in [6, 6.07) is 0. The molecule has 1 rings (SSSR count). The number of aliphatic hydroxyl groups is 4. The molecule has 1 fully saturated rings. The molecular weight excluding hydrogens is 252 g/mol. The van der Waals surface area contributed by atoms with Gasteiger partial charge in [-0.3, -0.25) is 0 Å². The van der Waals surface area contributed by atoms with E-state index in [1.165, 1.54) is 12.8 Å². The molecule has 1 aliphatic heterocycles. The van der Waals surface area contributed by atoms with Crippen molar-refractivity contribution in [3.05, 3.63) is 0 Å². The minimum absolute atomic E-state index is 0.410. The third kappa shape index (κ3) is 4.98. The van der Waals surface area contributed by atoms with Crippen LogP contribution in [-0.2, 0) is 9.47 Å². The van der Waals surface area contributed by atoms with Gasteiger partial charge < -0.3 is 29.9 Å². The molecule has 6 heteroatoms. The average molecular weight is 278 g/mol. The van der Waals surface area contributed by atoms with Gasteiger partial charge in [0.25, 0.3) is 0 Å². The maximum Gasteiger partial charge on any atom is 0.184 e. The van der Waals surface area contributed by atoms with Crippen molar-refractivity contribution in [2.24, 2.45) is 0 Å². The van der Waals surface area contributed by atoms with Gasteiger partial charge in [-0.05, 0) is 6.42 Å². The van der Waals surface area contributed by atoms with Gasteiger partial charge in [0, 0.05) is 6.61 Å². The molecule has 1 unspecified atom stereocenters. The van der Waals surface area contributed by atoms with E-state index in [4.69, 9.17) is 14.6 Å². The summed E-state index contributed by atoms with van der Waals surface area (Å²) in [4.78, 5) is 0. The van der Waals surface area contributed by atoms with E-state index in [9.17, 15) is 15.3 Å². The molecule has 1 aliphatic rings. The van der Waals surface area contributed by atoms with Crippen molar-refractivity contribution < 1.29 is 29.9 Å². The van der Waals surface area contributed by atoms with Crippen LogP contribution in [0.25, 0.3) is 0 Å². The third-order valence-electron chi connectivity index (χ3n) is 3.40. The molecule has 0 aliphatic carbocycles. The fourth-order valence-corrected chi connectivity index (χ4v) is 2.19. The second-order valence-electron chi connectivity index (χ2n) is 4.98. The average Bonchev–Trinajstić information content (AvgIpc) is 2.41. The van der Waals surface area contributed by atoms with Crippen molar-refractivity contribution in [2.75, 3.05) is 13.2 Å². The number of hydrogen-bond donors (Lipinski definition) is 4. The predicted molar refractivity (Wildman–Crippen MR) is 68.5 cm³/mol. The summed E-state index contributed by atoms with van der Waals surface area (Å²) in [7, 11) is 0. The zero-order valence-electron chi connectivity index (χ0n) is 11.4. The number of aliphatic hydroxyl groups excluding tert-OH is 4. The summed E-state index contributed by atoms with van der Waals surface area (Å²) in [5, 5.41) is 38.1. The fourth-order valence-electron chi connectivity index (χ4n) is 2.19. The highest BCUT2D eigenvalue weighted by Crippen LogP contribution is 2.22. The predicted octanol–water partition coefficient (Wildman–Crippen LogP) is -0.227. The smallest absolute Gasteiger partial charge is 0.184 e. The van der Waals surface area contributed by atoms with Crippen molar-refractivity contribution in [3.63, 3.8) is 0 Å². The number of hydrogen-bond acceptors (Lipinski definition) is 6. The minimum Gasteiger partial charge on any atom is -0.394 e. The van der Waals surface area contributed by atoms with Gasteiger partial charge in [0.2, 0.25) is 0 Å². The van der Waals surface area contributed by atoms with Crippen LogP contribution in [-0.4, -0.2) is 64.3 Å². The van der Waals surface area contributed by atoms with E-state index in [0.29, 0.717) is 6.61 Å². The van der Waals surface area contributed by atoms with Gasteiger partial charge in [-0.1, -0.05) is 32.6 Å². The molecule has 0 bridgehead atoms. The van der Waals surface area contributed by atoms with Gasteiger partial charge in [0.05, 0.1) is 6.61 Å². The van der Waals surface area contributed by atoms with Crippen molar-refractivity contribution in [1.29, 1.82) is 0 Å². The maximum absolute atomic E-state index is 9.88. The first-order valence-electron chi connectivity index (χ1n) is 7.04. The first kappa shape index (κ1) is 16.8. The van der Waals surface area contributed by atoms with Crippen LogP contribution < -0.4 is 0 Å². The molecule has 5 atom stereocenters. The minimum atomic E-state index is -1.44. The second kappa shape index (κ2) is 8.84. The first-order chi connectivity index (χ1) is 9.11. The summed E-state index contributed by atoms with van der Waals surface area (Å²) >= 11 is 0. The molecule has 19 heavy (non-hydrogen) atoms. The van der Waals surface area contributed by atoms with Crippen LogP contribution in [0.3, 0.4) is 0 Å². The Balaban J connectivity index is 2.32. The molecule has 1 heterocycles. The van der Waals surface area contributed by atoms with Crippen molar-refractivity contribution in [2.45, 2.75) is 69.7 Å². The zero-order chi connectivity index (χ0) is 14.3. The molecule has 6 nitrogen and oxygen atoms in total. The largest absolute Gasteiger partial charge is 0.394 e. The summed E-state index contributed by atoms with van der Waals surface area (Å²) < 4.78 is 10.3. The SMILES string of the molecule is CCCCCCCO[C@H]1[C@H](O)[C@@H](CO)OC(O)[C@@H]1O. The maximum atomic E-state index is 9.88. The quantitative estimate of drug-likeness (QED) is 0.458. The molecule has 0 spiro atoms. The first-order valence-corrected chi connectivity index (χ1v) is 7.04. The van der Waals surface area contributed by atoms with Crippen LogP contribution >= 0.6 is 0 Å². The fraction of sp³-hybridized carbons (Fsp3) is 1.00. The number of ether oxygens (including phenoxy) is 2. The molecule has 4 N–H and O–H groups in total. The Morgan fingerprint density at radius 2 is 1.68 bits per heavy atom. The lowest BCUT2D eigenvalue weighted by atomic mass is 9.99. The van der Waals surface area contributed by atoms with E-state index in [-0.39, 0.29) is 0 Å². The molecule has 0 aromatic rings. The van der Waals surface area contributed by atoms with E-state index >= 15 is 0 Å². The van der Waals surface area contributed by atoms with E-state index < -0.39 is 37.3 Å². The Labute approximate surface area is 114 Å². The molecular formula is C13H26O6. The van der Waals surface area contributed by atoms with Gasteiger partial charge in [-0.2, -0.15) is 0 Å². The van der Waals surface area contributed by atoms with Gasteiger partial charge >= 0.3 is 0 Å². The molecule has 0 aromatic carbocycles. The highest BCUT2D eigenvalue weighted by molar-refractivity contribution is 4.89. The van der Waals surface area contributed by atoms with Gasteiger partial charge in [0.1, 0.15) is 24.4 Å². The Morgan fingerprint density at radius 3 is 2.32 bits per heavy atom. The van der Waals surface area contributed by atoms with Gasteiger partial charge in [-0.15, -0.1) is 0 Å².